The first-order valence-corrected chi connectivity index (χ1v) is 14.7. The van der Waals surface area contributed by atoms with E-state index in [1.54, 1.807) is 18.2 Å². The van der Waals surface area contributed by atoms with Crippen LogP contribution in [0.3, 0.4) is 0 Å². The minimum Gasteiger partial charge on any atom is -0.478 e. The lowest BCUT2D eigenvalue weighted by molar-refractivity contribution is 0.0300. The molecule has 1 aliphatic heterocycles. The van der Waals surface area contributed by atoms with Crippen LogP contribution in [0, 0.1) is 12.8 Å². The van der Waals surface area contributed by atoms with Crippen LogP contribution in [0.2, 0.25) is 0 Å². The van der Waals surface area contributed by atoms with Gasteiger partial charge in [0.05, 0.1) is 50.8 Å². The number of rotatable bonds is 7. The number of aromatic nitrogens is 2. The quantitative estimate of drug-likeness (QED) is 0.397. The number of carboxylic acids is 1. The van der Waals surface area contributed by atoms with Gasteiger partial charge in [0, 0.05) is 37.7 Å². The predicted molar refractivity (Wildman–Crippen MR) is 160 cm³/mol. The summed E-state index contributed by atoms with van der Waals surface area (Å²) >= 11 is 0. The standard InChI is InChI=1S/C33H41N3O7/c1-24-5-3-7-29(34-24)31(26-9-11-27(12-10-26)32(37)38)36-15-19-41-17-13-25(14-18-42-21-22-43-20-16-36)23-28-6-4-8-30(35-28)33(39)40-2/h3-12,25,31H,13-23H2,1-2H3,(H,37,38). The number of benzene rings is 1. The molecule has 0 saturated carbocycles. The van der Waals surface area contributed by atoms with E-state index in [2.05, 4.69) is 9.88 Å². The van der Waals surface area contributed by atoms with Gasteiger partial charge in [-0.1, -0.05) is 24.3 Å². The van der Waals surface area contributed by atoms with Crippen molar-refractivity contribution in [1.29, 1.82) is 0 Å². The summed E-state index contributed by atoms with van der Waals surface area (Å²) in [5.74, 6) is -1.14. The maximum Gasteiger partial charge on any atom is 0.356 e. The maximum absolute atomic E-state index is 11.9. The molecule has 10 nitrogen and oxygen atoms in total. The Balaban J connectivity index is 1.47. The molecule has 4 rings (SSSR count). The van der Waals surface area contributed by atoms with Gasteiger partial charge in [-0.05, 0) is 74.1 Å². The Hall–Kier alpha value is -3.70. The SMILES string of the molecule is COC(=O)c1cccc(CC2CCOCCOCCN(C(c3ccc(C(=O)O)cc3)c3cccc(C)n3)CCOCC2)n1. The first-order chi connectivity index (χ1) is 20.9. The number of carbonyl (C=O) groups excluding carboxylic acids is 1. The van der Waals surface area contributed by atoms with Gasteiger partial charge in [0.2, 0.25) is 0 Å². The second-order valence-corrected chi connectivity index (χ2v) is 10.6. The monoisotopic (exact) mass is 591 g/mol. The molecule has 0 radical (unpaired) electrons. The molecule has 1 fully saturated rings. The third-order valence-electron chi connectivity index (χ3n) is 7.49. The van der Waals surface area contributed by atoms with Gasteiger partial charge in [0.1, 0.15) is 5.69 Å². The summed E-state index contributed by atoms with van der Waals surface area (Å²) in [6.07, 6.45) is 2.37. The minimum atomic E-state index is -0.958. The molecule has 1 aliphatic rings. The van der Waals surface area contributed by atoms with Crippen LogP contribution in [-0.2, 0) is 25.4 Å². The summed E-state index contributed by atoms with van der Waals surface area (Å²) in [7, 11) is 1.35. The van der Waals surface area contributed by atoms with Crippen molar-refractivity contribution >= 4 is 11.9 Å². The highest BCUT2D eigenvalue weighted by molar-refractivity contribution is 5.87. The highest BCUT2D eigenvalue weighted by atomic mass is 16.5. The smallest absolute Gasteiger partial charge is 0.356 e. The van der Waals surface area contributed by atoms with E-state index in [9.17, 15) is 14.7 Å². The first-order valence-electron chi connectivity index (χ1n) is 14.7. The molecule has 230 valence electrons. The lowest BCUT2D eigenvalue weighted by atomic mass is 9.96. The van der Waals surface area contributed by atoms with Crippen molar-refractivity contribution < 1.29 is 33.6 Å². The van der Waals surface area contributed by atoms with Crippen molar-refractivity contribution in [2.75, 3.05) is 59.8 Å². The molecule has 0 bridgehead atoms. The van der Waals surface area contributed by atoms with Crippen LogP contribution >= 0.6 is 0 Å². The molecule has 2 unspecified atom stereocenters. The number of nitrogens with zero attached hydrogens (tertiary/aromatic N) is 3. The predicted octanol–water partition coefficient (Wildman–Crippen LogP) is 4.36. The van der Waals surface area contributed by atoms with Crippen LogP contribution in [0.4, 0.5) is 0 Å². The number of hydrogen-bond donors (Lipinski definition) is 1. The van der Waals surface area contributed by atoms with Crippen LogP contribution in [0.5, 0.6) is 0 Å². The molecule has 10 heteroatoms. The summed E-state index contributed by atoms with van der Waals surface area (Å²) in [5.41, 5.74) is 4.12. The van der Waals surface area contributed by atoms with E-state index in [0.29, 0.717) is 64.8 Å². The van der Waals surface area contributed by atoms with E-state index < -0.39 is 11.9 Å². The van der Waals surface area contributed by atoms with Gasteiger partial charge in [-0.25, -0.2) is 14.6 Å². The van der Waals surface area contributed by atoms with Crippen molar-refractivity contribution in [2.24, 2.45) is 5.92 Å². The number of carboxylic acid groups (broad SMARTS) is 1. The van der Waals surface area contributed by atoms with E-state index in [1.165, 1.54) is 7.11 Å². The van der Waals surface area contributed by atoms with Crippen LogP contribution in [0.15, 0.2) is 60.7 Å². The normalized spacial score (nSPS) is 18.6. The average Bonchev–Trinajstić information content (AvgIpc) is 3.02. The van der Waals surface area contributed by atoms with Gasteiger partial charge in [-0.2, -0.15) is 0 Å². The fourth-order valence-corrected chi connectivity index (χ4v) is 5.21. The molecule has 43 heavy (non-hydrogen) atoms. The number of aromatic carboxylic acids is 1. The summed E-state index contributed by atoms with van der Waals surface area (Å²) in [4.78, 5) is 35.0. The van der Waals surface area contributed by atoms with Crippen molar-refractivity contribution in [1.82, 2.24) is 14.9 Å². The summed E-state index contributed by atoms with van der Waals surface area (Å²) in [6.45, 7) is 6.40. The second-order valence-electron chi connectivity index (χ2n) is 10.6. The fraction of sp³-hybridized carbons (Fsp3) is 0.455. The Morgan fingerprint density at radius 1 is 0.884 bits per heavy atom. The molecular formula is C33H41N3O7. The molecule has 1 saturated heterocycles. The molecule has 0 amide bonds. The van der Waals surface area contributed by atoms with Gasteiger partial charge >= 0.3 is 11.9 Å². The van der Waals surface area contributed by atoms with E-state index in [4.69, 9.17) is 23.9 Å². The largest absolute Gasteiger partial charge is 0.478 e. The lowest BCUT2D eigenvalue weighted by Gasteiger charge is -2.32. The molecule has 0 spiro atoms. The lowest BCUT2D eigenvalue weighted by Crippen LogP contribution is -2.36. The average molecular weight is 592 g/mol. The van der Waals surface area contributed by atoms with Crippen molar-refractivity contribution in [2.45, 2.75) is 32.2 Å². The van der Waals surface area contributed by atoms with Crippen LogP contribution in [-0.4, -0.2) is 91.8 Å². The van der Waals surface area contributed by atoms with Gasteiger partial charge in [0.25, 0.3) is 0 Å². The third-order valence-corrected chi connectivity index (χ3v) is 7.49. The van der Waals surface area contributed by atoms with Gasteiger partial charge in [-0.15, -0.1) is 0 Å². The zero-order valence-electron chi connectivity index (χ0n) is 24.9. The molecular weight excluding hydrogens is 550 g/mol. The van der Waals surface area contributed by atoms with Gasteiger partial charge < -0.3 is 24.1 Å². The molecule has 1 aromatic carbocycles. The highest BCUT2D eigenvalue weighted by Gasteiger charge is 2.24. The Labute approximate surface area is 253 Å². The number of hydrogen-bond acceptors (Lipinski definition) is 9. The number of aryl methyl sites for hydroxylation is 1. The Bertz CT molecular complexity index is 1320. The number of esters is 1. The number of pyridine rings is 2. The van der Waals surface area contributed by atoms with Gasteiger partial charge in [-0.3, -0.25) is 9.88 Å². The summed E-state index contributed by atoms with van der Waals surface area (Å²) < 4.78 is 22.8. The maximum atomic E-state index is 11.9. The Morgan fingerprint density at radius 3 is 2.19 bits per heavy atom. The fourth-order valence-electron chi connectivity index (χ4n) is 5.21. The highest BCUT2D eigenvalue weighted by Crippen LogP contribution is 2.28. The van der Waals surface area contributed by atoms with E-state index >= 15 is 0 Å². The molecule has 3 heterocycles. The van der Waals surface area contributed by atoms with Crippen molar-refractivity contribution in [3.8, 4) is 0 Å². The van der Waals surface area contributed by atoms with Crippen molar-refractivity contribution in [3.63, 3.8) is 0 Å². The van der Waals surface area contributed by atoms with E-state index in [-0.39, 0.29) is 17.5 Å². The molecule has 1 N–H and O–H groups in total. The number of carbonyl (C=O) groups is 2. The third kappa shape index (κ3) is 9.93. The molecule has 2 aromatic heterocycles. The first kappa shape index (κ1) is 32.2. The van der Waals surface area contributed by atoms with E-state index in [1.807, 2.05) is 49.4 Å². The zero-order valence-corrected chi connectivity index (χ0v) is 24.9. The van der Waals surface area contributed by atoms with Crippen molar-refractivity contribution in [3.05, 3.63) is 94.6 Å². The number of methoxy groups -OCH3 is 1. The molecule has 2 atom stereocenters. The van der Waals surface area contributed by atoms with Crippen LogP contribution < -0.4 is 0 Å². The Morgan fingerprint density at radius 2 is 1.53 bits per heavy atom. The number of ether oxygens (including phenoxy) is 4. The summed E-state index contributed by atoms with van der Waals surface area (Å²) in [6, 6.07) is 18.1. The van der Waals surface area contributed by atoms with E-state index in [0.717, 1.165) is 35.5 Å². The van der Waals surface area contributed by atoms with Crippen LogP contribution in [0.1, 0.15) is 62.4 Å². The van der Waals surface area contributed by atoms with Crippen LogP contribution in [0.25, 0.3) is 0 Å². The Kier molecular flexibility index (Phi) is 12.6. The summed E-state index contributed by atoms with van der Waals surface area (Å²) in [5, 5.41) is 9.41. The second kappa shape index (κ2) is 16.8. The topological polar surface area (TPSA) is 120 Å². The minimum absolute atomic E-state index is 0.206. The molecule has 0 aliphatic carbocycles. The zero-order chi connectivity index (χ0) is 30.4. The molecule has 3 aromatic rings. The van der Waals surface area contributed by atoms with Gasteiger partial charge in [0.15, 0.2) is 0 Å².